The third-order valence-electron chi connectivity index (χ3n) is 6.28. The number of ether oxygens (including phenoxy) is 1. The van der Waals surface area contributed by atoms with Crippen molar-refractivity contribution in [1.82, 2.24) is 20.0 Å². The van der Waals surface area contributed by atoms with Gasteiger partial charge in [-0.2, -0.15) is 0 Å². The van der Waals surface area contributed by atoms with Gasteiger partial charge in [-0.05, 0) is 48.9 Å². The van der Waals surface area contributed by atoms with E-state index in [-0.39, 0.29) is 29.8 Å². The molecule has 1 atom stereocenters. The summed E-state index contributed by atoms with van der Waals surface area (Å²) in [7, 11) is 3.37. The van der Waals surface area contributed by atoms with Crippen LogP contribution in [0.15, 0.2) is 23.2 Å². The van der Waals surface area contributed by atoms with Crippen LogP contribution in [0.5, 0.6) is 5.75 Å². The lowest BCUT2D eigenvalue weighted by Crippen LogP contribution is -2.53. The number of hydrogen-bond donors (Lipinski definition) is 1. The first-order valence-corrected chi connectivity index (χ1v) is 11.7. The number of likely N-dealkylation sites (tertiary alicyclic amines) is 1. The Kier molecular flexibility index (Phi) is 11.5. The lowest BCUT2D eigenvalue weighted by molar-refractivity contribution is 0.155. The highest BCUT2D eigenvalue weighted by atomic mass is 127. The Morgan fingerprint density at radius 3 is 2.56 bits per heavy atom. The summed E-state index contributed by atoms with van der Waals surface area (Å²) in [6, 6.07) is 5.24. The summed E-state index contributed by atoms with van der Waals surface area (Å²) in [5.41, 5.74) is 0.984. The van der Waals surface area contributed by atoms with Gasteiger partial charge < -0.3 is 19.9 Å². The van der Waals surface area contributed by atoms with Gasteiger partial charge in [-0.25, -0.2) is 4.39 Å². The molecule has 6 nitrogen and oxygen atoms in total. The minimum absolute atomic E-state index is 0. The van der Waals surface area contributed by atoms with Crippen molar-refractivity contribution >= 4 is 29.9 Å². The van der Waals surface area contributed by atoms with Gasteiger partial charge in [0.1, 0.15) is 0 Å². The van der Waals surface area contributed by atoms with Crippen molar-refractivity contribution in [1.29, 1.82) is 0 Å². The molecule has 0 radical (unpaired) electrons. The summed E-state index contributed by atoms with van der Waals surface area (Å²) in [6.07, 6.45) is 2.59. The minimum atomic E-state index is -0.294. The minimum Gasteiger partial charge on any atom is -0.494 e. The Labute approximate surface area is 210 Å². The second kappa shape index (κ2) is 13.5. The van der Waals surface area contributed by atoms with Gasteiger partial charge in [0.05, 0.1) is 7.11 Å². The van der Waals surface area contributed by atoms with E-state index in [2.05, 4.69) is 38.9 Å². The first-order valence-electron chi connectivity index (χ1n) is 11.7. The third-order valence-corrected chi connectivity index (χ3v) is 6.28. The maximum atomic E-state index is 14.0. The Balaban J connectivity index is 0.00000363. The number of halogens is 2. The number of methoxy groups -OCH3 is 1. The van der Waals surface area contributed by atoms with Gasteiger partial charge in [0.15, 0.2) is 17.5 Å². The summed E-state index contributed by atoms with van der Waals surface area (Å²) in [4.78, 5) is 11.9. The van der Waals surface area contributed by atoms with E-state index in [1.807, 2.05) is 13.1 Å². The van der Waals surface area contributed by atoms with Crippen LogP contribution in [0.1, 0.15) is 32.3 Å². The molecule has 2 aliphatic heterocycles. The summed E-state index contributed by atoms with van der Waals surface area (Å²) < 4.78 is 19.0. The lowest BCUT2D eigenvalue weighted by Gasteiger charge is -2.38. The van der Waals surface area contributed by atoms with Crippen molar-refractivity contribution < 1.29 is 9.13 Å². The van der Waals surface area contributed by atoms with E-state index < -0.39 is 0 Å². The Morgan fingerprint density at radius 1 is 1.19 bits per heavy atom. The van der Waals surface area contributed by atoms with Crippen LogP contribution in [-0.2, 0) is 6.54 Å². The molecule has 2 saturated heterocycles. The number of piperidine rings is 1. The highest BCUT2D eigenvalue weighted by molar-refractivity contribution is 14.0. The van der Waals surface area contributed by atoms with E-state index in [0.29, 0.717) is 11.7 Å². The van der Waals surface area contributed by atoms with Gasteiger partial charge in [-0.15, -0.1) is 24.0 Å². The van der Waals surface area contributed by atoms with Crippen LogP contribution in [0.25, 0.3) is 0 Å². The van der Waals surface area contributed by atoms with Gasteiger partial charge in [0.2, 0.25) is 0 Å². The average molecular weight is 562 g/mol. The van der Waals surface area contributed by atoms with E-state index >= 15 is 0 Å². The molecule has 1 unspecified atom stereocenters. The second-order valence-electron chi connectivity index (χ2n) is 9.32. The standard InChI is InChI=1S/C24H40FN5O.HI/c1-19(2)16-29-9-5-6-21(18-29)15-27-24(26-3)30-12-10-28(11-13-30)17-20-7-8-23(31-4)22(25)14-20;/h7-8,14,19,21H,5-6,9-13,15-18H2,1-4H3,(H,26,27);1H. The molecule has 2 fully saturated rings. The summed E-state index contributed by atoms with van der Waals surface area (Å²) in [5, 5.41) is 3.63. The summed E-state index contributed by atoms with van der Waals surface area (Å²) in [5.74, 6) is 2.43. The molecule has 0 spiro atoms. The number of nitrogens with one attached hydrogen (secondary N) is 1. The molecule has 1 aromatic rings. The van der Waals surface area contributed by atoms with Crippen molar-refractivity contribution in [3.63, 3.8) is 0 Å². The first-order chi connectivity index (χ1) is 15.0. The molecule has 0 bridgehead atoms. The number of hydrogen-bond acceptors (Lipinski definition) is 4. The lowest BCUT2D eigenvalue weighted by atomic mass is 9.97. The van der Waals surface area contributed by atoms with Crippen LogP contribution in [0.4, 0.5) is 4.39 Å². The van der Waals surface area contributed by atoms with Crippen LogP contribution in [0, 0.1) is 17.7 Å². The normalized spacial score (nSPS) is 20.9. The van der Waals surface area contributed by atoms with E-state index in [0.717, 1.165) is 56.7 Å². The molecule has 3 rings (SSSR count). The Morgan fingerprint density at radius 2 is 1.94 bits per heavy atom. The topological polar surface area (TPSA) is 43.3 Å². The average Bonchev–Trinajstić information content (AvgIpc) is 2.75. The van der Waals surface area contributed by atoms with Crippen molar-refractivity contribution in [3.8, 4) is 5.75 Å². The van der Waals surface area contributed by atoms with Gasteiger partial charge in [0, 0.05) is 59.4 Å². The molecule has 2 aliphatic rings. The van der Waals surface area contributed by atoms with Crippen LogP contribution >= 0.6 is 24.0 Å². The van der Waals surface area contributed by atoms with Crippen molar-refractivity contribution in [3.05, 3.63) is 29.6 Å². The maximum Gasteiger partial charge on any atom is 0.193 e. The highest BCUT2D eigenvalue weighted by Gasteiger charge is 2.23. The molecule has 1 N–H and O–H groups in total. The quantitative estimate of drug-likeness (QED) is 0.314. The Bertz CT molecular complexity index is 724. The molecule has 182 valence electrons. The van der Waals surface area contributed by atoms with E-state index in [4.69, 9.17) is 4.74 Å². The predicted molar refractivity (Wildman–Crippen MR) is 141 cm³/mol. The first kappa shape index (κ1) is 27.1. The van der Waals surface area contributed by atoms with Gasteiger partial charge >= 0.3 is 0 Å². The molecule has 1 aromatic carbocycles. The SMILES string of the molecule is CN=C(NCC1CCCN(CC(C)C)C1)N1CCN(Cc2ccc(OC)c(F)c2)CC1.I. The molecular formula is C24H41FIN5O. The Hall–Kier alpha value is -1.13. The fourth-order valence-corrected chi connectivity index (χ4v) is 4.75. The summed E-state index contributed by atoms with van der Waals surface area (Å²) >= 11 is 0. The predicted octanol–water partition coefficient (Wildman–Crippen LogP) is 3.51. The number of aliphatic imine (C=N–C) groups is 1. The van der Waals surface area contributed by atoms with Crippen molar-refractivity contribution in [2.45, 2.75) is 33.2 Å². The van der Waals surface area contributed by atoms with Crippen LogP contribution < -0.4 is 10.1 Å². The van der Waals surface area contributed by atoms with E-state index in [1.54, 1.807) is 12.1 Å². The fraction of sp³-hybridized carbons (Fsp3) is 0.708. The van der Waals surface area contributed by atoms with Crippen LogP contribution in [-0.4, -0.2) is 87.2 Å². The highest BCUT2D eigenvalue weighted by Crippen LogP contribution is 2.20. The zero-order valence-corrected chi connectivity index (χ0v) is 22.5. The molecule has 0 aliphatic carbocycles. The maximum absolute atomic E-state index is 14.0. The smallest absolute Gasteiger partial charge is 0.193 e. The molecule has 32 heavy (non-hydrogen) atoms. The van der Waals surface area contributed by atoms with Crippen molar-refractivity contribution in [2.75, 3.05) is 66.5 Å². The zero-order valence-electron chi connectivity index (χ0n) is 20.1. The summed E-state index contributed by atoms with van der Waals surface area (Å²) in [6.45, 7) is 13.7. The number of piperazine rings is 1. The fourth-order valence-electron chi connectivity index (χ4n) is 4.75. The third kappa shape index (κ3) is 8.02. The largest absolute Gasteiger partial charge is 0.494 e. The van der Waals surface area contributed by atoms with Gasteiger partial charge in [-0.3, -0.25) is 9.89 Å². The number of nitrogens with zero attached hydrogens (tertiary/aromatic N) is 4. The monoisotopic (exact) mass is 561 g/mol. The number of rotatable bonds is 7. The molecule has 0 saturated carbocycles. The van der Waals surface area contributed by atoms with Crippen molar-refractivity contribution in [2.24, 2.45) is 16.8 Å². The van der Waals surface area contributed by atoms with Crippen LogP contribution in [0.3, 0.4) is 0 Å². The van der Waals surface area contributed by atoms with Crippen LogP contribution in [0.2, 0.25) is 0 Å². The van der Waals surface area contributed by atoms with Gasteiger partial charge in [0.25, 0.3) is 0 Å². The molecular weight excluding hydrogens is 520 g/mol. The second-order valence-corrected chi connectivity index (χ2v) is 9.32. The molecule has 0 amide bonds. The van der Waals surface area contributed by atoms with E-state index in [1.165, 1.54) is 39.6 Å². The number of guanidine groups is 1. The molecule has 8 heteroatoms. The zero-order chi connectivity index (χ0) is 22.2. The molecule has 2 heterocycles. The van der Waals surface area contributed by atoms with E-state index in [9.17, 15) is 4.39 Å². The molecule has 0 aromatic heterocycles. The number of benzene rings is 1. The van der Waals surface area contributed by atoms with Gasteiger partial charge in [-0.1, -0.05) is 19.9 Å².